The third-order valence-electron chi connectivity index (χ3n) is 1.04. The monoisotopic (exact) mass is 150 g/mol. The fourth-order valence-electron chi connectivity index (χ4n) is 0.554. The summed E-state index contributed by atoms with van der Waals surface area (Å²) in [5.74, 6) is 0. The Balaban J connectivity index is 3.06. The topological polar surface area (TPSA) is 26.3 Å². The van der Waals surface area contributed by atoms with E-state index in [1.54, 1.807) is 0 Å². The fourth-order valence-corrected chi connectivity index (χ4v) is 1.66. The molecule has 1 atom stereocenters. The van der Waals surface area contributed by atoms with Crippen LogP contribution in [0.2, 0.25) is 0 Å². The van der Waals surface area contributed by atoms with Crippen molar-refractivity contribution in [2.75, 3.05) is 12.8 Å². The molecule has 0 aromatic carbocycles. The van der Waals surface area contributed by atoms with Crippen molar-refractivity contribution < 1.29 is 9.09 Å². The zero-order valence-electron chi connectivity index (χ0n) is 6.14. The Bertz CT molecular complexity index is 83.1. The molecule has 9 heavy (non-hydrogen) atoms. The van der Waals surface area contributed by atoms with E-state index in [0.29, 0.717) is 6.61 Å². The van der Waals surface area contributed by atoms with E-state index in [1.165, 1.54) is 0 Å². The van der Waals surface area contributed by atoms with Crippen LogP contribution in [-0.4, -0.2) is 12.8 Å². The molecule has 0 fully saturated rings. The molecule has 56 valence electrons. The van der Waals surface area contributed by atoms with Crippen LogP contribution in [0.4, 0.5) is 0 Å². The van der Waals surface area contributed by atoms with Crippen LogP contribution in [0.15, 0.2) is 0 Å². The minimum Gasteiger partial charge on any atom is -0.331 e. The molecule has 0 saturated heterocycles. The lowest BCUT2D eigenvalue weighted by molar-refractivity contribution is 0.350. The smallest absolute Gasteiger partial charge is 0.191 e. The summed E-state index contributed by atoms with van der Waals surface area (Å²) in [6.45, 7) is 4.54. The molecule has 0 rings (SSSR count). The quantitative estimate of drug-likeness (QED) is 0.562. The normalized spacial score (nSPS) is 13.6. The summed E-state index contributed by atoms with van der Waals surface area (Å²) in [5.41, 5.74) is 0. The van der Waals surface area contributed by atoms with Crippen molar-refractivity contribution in [1.29, 1.82) is 0 Å². The summed E-state index contributed by atoms with van der Waals surface area (Å²) >= 11 is 0. The number of rotatable bonds is 5. The molecule has 0 saturated carbocycles. The first-order valence-electron chi connectivity index (χ1n) is 3.46. The first-order valence-corrected chi connectivity index (χ1v) is 4.99. The lowest BCUT2D eigenvalue weighted by Gasteiger charge is -1.97. The van der Waals surface area contributed by atoms with E-state index in [-0.39, 0.29) is 0 Å². The van der Waals surface area contributed by atoms with Gasteiger partial charge in [0.1, 0.15) is 0 Å². The van der Waals surface area contributed by atoms with Gasteiger partial charge in [0, 0.05) is 6.16 Å². The number of hydrogen-bond acceptors (Lipinski definition) is 2. The van der Waals surface area contributed by atoms with Gasteiger partial charge < -0.3 is 4.52 Å². The number of hydrogen-bond donors (Lipinski definition) is 0. The molecule has 0 amide bonds. The molecular weight excluding hydrogens is 135 g/mol. The van der Waals surface area contributed by atoms with Gasteiger partial charge in [0.05, 0.1) is 6.61 Å². The molecule has 2 nitrogen and oxygen atoms in total. The molecule has 0 N–H and O–H groups in total. The van der Waals surface area contributed by atoms with E-state index in [4.69, 9.17) is 4.52 Å². The summed E-state index contributed by atoms with van der Waals surface area (Å²) < 4.78 is 15.7. The molecule has 0 aromatic rings. The van der Waals surface area contributed by atoms with Gasteiger partial charge in [-0.15, -0.1) is 0 Å². The second-order valence-electron chi connectivity index (χ2n) is 1.91. The zero-order chi connectivity index (χ0) is 7.11. The van der Waals surface area contributed by atoms with Crippen molar-refractivity contribution in [2.45, 2.75) is 26.7 Å². The van der Waals surface area contributed by atoms with E-state index in [0.717, 1.165) is 19.0 Å². The van der Waals surface area contributed by atoms with Gasteiger partial charge in [-0.2, -0.15) is 0 Å². The fraction of sp³-hybridized carbons (Fsp3) is 1.00. The average Bonchev–Trinajstić information content (AvgIpc) is 1.85. The maximum absolute atomic E-state index is 10.8. The third-order valence-corrected chi connectivity index (χ3v) is 2.41. The first kappa shape index (κ1) is 9.19. The second kappa shape index (κ2) is 6.31. The molecule has 3 heteroatoms. The van der Waals surface area contributed by atoms with Gasteiger partial charge in [-0.25, -0.2) is 0 Å². The van der Waals surface area contributed by atoms with Gasteiger partial charge in [-0.3, -0.25) is 4.57 Å². The third kappa shape index (κ3) is 6.07. The first-order chi connectivity index (χ1) is 4.31. The minimum atomic E-state index is -1.65. The lowest BCUT2D eigenvalue weighted by atomic mass is 10.4. The molecule has 0 heterocycles. The molecule has 0 aliphatic carbocycles. The Hall–Kier alpha value is 0.190. The van der Waals surface area contributed by atoms with Crippen molar-refractivity contribution in [1.82, 2.24) is 0 Å². The summed E-state index contributed by atoms with van der Waals surface area (Å²) in [5, 5.41) is 0. The predicted molar refractivity (Wildman–Crippen MR) is 40.4 cm³/mol. The van der Waals surface area contributed by atoms with E-state index in [1.807, 2.05) is 6.92 Å². The van der Waals surface area contributed by atoms with E-state index in [2.05, 4.69) is 6.92 Å². The van der Waals surface area contributed by atoms with Crippen LogP contribution in [0, 0.1) is 0 Å². The number of unbranched alkanes of at least 4 members (excludes halogenated alkanes) is 1. The van der Waals surface area contributed by atoms with Crippen molar-refractivity contribution in [2.24, 2.45) is 0 Å². The minimum absolute atomic E-state index is 0.585. The Morgan fingerprint density at radius 3 is 2.56 bits per heavy atom. The van der Waals surface area contributed by atoms with E-state index < -0.39 is 8.03 Å². The summed E-state index contributed by atoms with van der Waals surface area (Å²) in [6.07, 6.45) is 2.89. The van der Waals surface area contributed by atoms with Crippen LogP contribution in [0.1, 0.15) is 26.7 Å². The van der Waals surface area contributed by atoms with Gasteiger partial charge in [0.2, 0.25) is 0 Å². The highest BCUT2D eigenvalue weighted by atomic mass is 31.1. The van der Waals surface area contributed by atoms with Crippen molar-refractivity contribution in [3.05, 3.63) is 0 Å². The molecule has 0 bridgehead atoms. The Labute approximate surface area is 57.5 Å². The Kier molecular flexibility index (Phi) is 6.45. The predicted octanol–water partition coefficient (Wildman–Crippen LogP) is 2.30. The zero-order valence-corrected chi connectivity index (χ0v) is 7.14. The van der Waals surface area contributed by atoms with Crippen LogP contribution in [-0.2, 0) is 9.09 Å². The van der Waals surface area contributed by atoms with Crippen molar-refractivity contribution >= 4 is 8.03 Å². The van der Waals surface area contributed by atoms with Gasteiger partial charge in [0.15, 0.2) is 8.03 Å². The van der Waals surface area contributed by atoms with Crippen LogP contribution in [0.5, 0.6) is 0 Å². The standard InChI is InChI=1S/C6H15O2P/c1-3-5-6-9(7)8-4-2/h9H,3-6H2,1-2H3. The molecular formula is C6H15O2P. The lowest BCUT2D eigenvalue weighted by Crippen LogP contribution is -1.82. The van der Waals surface area contributed by atoms with Crippen molar-refractivity contribution in [3.8, 4) is 0 Å². The Morgan fingerprint density at radius 1 is 1.44 bits per heavy atom. The Morgan fingerprint density at radius 2 is 2.11 bits per heavy atom. The van der Waals surface area contributed by atoms with Gasteiger partial charge in [0.25, 0.3) is 0 Å². The van der Waals surface area contributed by atoms with Gasteiger partial charge in [-0.05, 0) is 13.3 Å². The molecule has 0 aliphatic rings. The van der Waals surface area contributed by atoms with Crippen LogP contribution >= 0.6 is 8.03 Å². The van der Waals surface area contributed by atoms with Crippen molar-refractivity contribution in [3.63, 3.8) is 0 Å². The van der Waals surface area contributed by atoms with Gasteiger partial charge in [-0.1, -0.05) is 13.3 Å². The molecule has 1 unspecified atom stereocenters. The SMILES string of the molecule is CCCC[PH](=O)OCC. The highest BCUT2D eigenvalue weighted by Crippen LogP contribution is 2.22. The maximum Gasteiger partial charge on any atom is 0.191 e. The highest BCUT2D eigenvalue weighted by Gasteiger charge is 1.94. The van der Waals surface area contributed by atoms with Crippen LogP contribution in [0.3, 0.4) is 0 Å². The second-order valence-corrected chi connectivity index (χ2v) is 3.44. The summed E-state index contributed by atoms with van der Waals surface area (Å²) in [7, 11) is -1.65. The van der Waals surface area contributed by atoms with Crippen LogP contribution < -0.4 is 0 Å². The maximum atomic E-state index is 10.8. The largest absolute Gasteiger partial charge is 0.331 e. The van der Waals surface area contributed by atoms with E-state index >= 15 is 0 Å². The molecule has 0 aliphatic heterocycles. The van der Waals surface area contributed by atoms with Gasteiger partial charge >= 0.3 is 0 Å². The average molecular weight is 150 g/mol. The van der Waals surface area contributed by atoms with E-state index in [9.17, 15) is 4.57 Å². The molecule has 0 spiro atoms. The van der Waals surface area contributed by atoms with Crippen LogP contribution in [0.25, 0.3) is 0 Å². The summed E-state index contributed by atoms with van der Waals surface area (Å²) in [4.78, 5) is 0. The molecule has 0 aromatic heterocycles. The highest BCUT2D eigenvalue weighted by molar-refractivity contribution is 7.39. The summed E-state index contributed by atoms with van der Waals surface area (Å²) in [6, 6.07) is 0. The molecule has 0 radical (unpaired) electrons.